The molecule has 2 aromatic rings. The summed E-state index contributed by atoms with van der Waals surface area (Å²) in [4.78, 5) is 24.1. The molecule has 4 atom stereocenters. The van der Waals surface area contributed by atoms with E-state index in [1.807, 2.05) is 6.92 Å². The smallest absolute Gasteiger partial charge is 0.337 e. The Bertz CT molecular complexity index is 1100. The molecule has 0 heterocycles. The van der Waals surface area contributed by atoms with E-state index in [0.717, 1.165) is 12.3 Å². The number of sulfonamides is 1. The number of carbonyl (C=O) groups is 2. The average Bonchev–Trinajstić information content (AvgIpc) is 3.43. The Morgan fingerprint density at radius 2 is 1.62 bits per heavy atom. The van der Waals surface area contributed by atoms with Crippen LogP contribution in [0.1, 0.15) is 53.3 Å². The van der Waals surface area contributed by atoms with Gasteiger partial charge in [0.25, 0.3) is 5.91 Å². The van der Waals surface area contributed by atoms with Crippen LogP contribution in [0.25, 0.3) is 0 Å². The maximum atomic E-state index is 12.8. The summed E-state index contributed by atoms with van der Waals surface area (Å²) < 4.78 is 33.2. The molecule has 2 aliphatic carbocycles. The van der Waals surface area contributed by atoms with Crippen molar-refractivity contribution in [1.29, 1.82) is 0 Å². The molecule has 0 saturated heterocycles. The van der Waals surface area contributed by atoms with Crippen LogP contribution in [-0.4, -0.2) is 33.4 Å². The molecule has 2 aliphatic rings. The summed E-state index contributed by atoms with van der Waals surface area (Å²) in [7, 11) is -2.34. The van der Waals surface area contributed by atoms with Crippen LogP contribution in [0.3, 0.4) is 0 Å². The van der Waals surface area contributed by atoms with Crippen LogP contribution in [0, 0.1) is 17.8 Å². The van der Waals surface area contributed by atoms with Gasteiger partial charge in [-0.2, -0.15) is 0 Å². The fourth-order valence-corrected chi connectivity index (χ4v) is 6.40. The van der Waals surface area contributed by atoms with Crippen molar-refractivity contribution in [3.05, 3.63) is 59.7 Å². The van der Waals surface area contributed by atoms with Crippen molar-refractivity contribution >= 4 is 27.6 Å². The fourth-order valence-electron chi connectivity index (χ4n) is 5.10. The molecule has 2 fully saturated rings. The minimum atomic E-state index is -3.63. The van der Waals surface area contributed by atoms with Gasteiger partial charge in [0.15, 0.2) is 0 Å². The van der Waals surface area contributed by atoms with Gasteiger partial charge in [0.2, 0.25) is 10.0 Å². The lowest BCUT2D eigenvalue weighted by atomic mass is 9.84. The maximum Gasteiger partial charge on any atom is 0.337 e. The number of hydrogen-bond acceptors (Lipinski definition) is 5. The number of anilines is 1. The van der Waals surface area contributed by atoms with Crippen molar-refractivity contribution in [2.45, 2.75) is 43.5 Å². The summed E-state index contributed by atoms with van der Waals surface area (Å²) in [6.45, 7) is 1.96. The molecule has 0 aliphatic heterocycles. The van der Waals surface area contributed by atoms with E-state index in [-0.39, 0.29) is 16.8 Å². The summed E-state index contributed by atoms with van der Waals surface area (Å²) in [5, 5.41) is 2.73. The Balaban J connectivity index is 1.37. The number of esters is 1. The Kier molecular flexibility index (Phi) is 6.35. The zero-order valence-corrected chi connectivity index (χ0v) is 19.0. The second-order valence-corrected chi connectivity index (χ2v) is 10.5. The van der Waals surface area contributed by atoms with E-state index in [4.69, 9.17) is 0 Å². The van der Waals surface area contributed by atoms with Gasteiger partial charge in [-0.15, -0.1) is 0 Å². The highest BCUT2D eigenvalue weighted by Gasteiger charge is 2.42. The molecule has 0 aromatic heterocycles. The van der Waals surface area contributed by atoms with Gasteiger partial charge in [0.1, 0.15) is 0 Å². The number of fused-ring (bicyclic) bond motifs is 2. The summed E-state index contributed by atoms with van der Waals surface area (Å²) in [6, 6.07) is 12.1. The van der Waals surface area contributed by atoms with Crippen molar-refractivity contribution < 1.29 is 22.7 Å². The first-order valence-corrected chi connectivity index (χ1v) is 12.4. The second kappa shape index (κ2) is 9.03. The van der Waals surface area contributed by atoms with E-state index in [1.165, 1.54) is 62.8 Å². The van der Waals surface area contributed by atoms with Gasteiger partial charge in [0.05, 0.1) is 17.6 Å². The lowest BCUT2D eigenvalue weighted by Crippen LogP contribution is -2.40. The fraction of sp³-hybridized carbons (Fsp3) is 0.417. The van der Waals surface area contributed by atoms with Crippen molar-refractivity contribution in [2.24, 2.45) is 17.8 Å². The van der Waals surface area contributed by atoms with Gasteiger partial charge in [-0.05, 0) is 92.5 Å². The number of rotatable bonds is 7. The number of methoxy groups -OCH3 is 1. The number of nitrogens with one attached hydrogen (secondary N) is 2. The zero-order valence-electron chi connectivity index (χ0n) is 18.2. The van der Waals surface area contributed by atoms with Gasteiger partial charge < -0.3 is 10.1 Å². The number of amides is 1. The summed E-state index contributed by atoms with van der Waals surface area (Å²) in [6.07, 6.45) is 4.83. The average molecular weight is 457 g/mol. The monoisotopic (exact) mass is 456 g/mol. The molecule has 2 aromatic carbocycles. The Labute approximate surface area is 188 Å². The van der Waals surface area contributed by atoms with Gasteiger partial charge in [-0.25, -0.2) is 17.9 Å². The zero-order chi connectivity index (χ0) is 22.9. The van der Waals surface area contributed by atoms with Gasteiger partial charge in [0, 0.05) is 17.3 Å². The highest BCUT2D eigenvalue weighted by atomic mass is 32.2. The highest BCUT2D eigenvalue weighted by Crippen LogP contribution is 2.49. The predicted molar refractivity (Wildman–Crippen MR) is 121 cm³/mol. The minimum Gasteiger partial charge on any atom is -0.465 e. The number of benzene rings is 2. The summed E-state index contributed by atoms with van der Waals surface area (Å²) in [5.74, 6) is 0.971. The Morgan fingerprint density at radius 3 is 2.19 bits per heavy atom. The molecule has 1 amide bonds. The molecule has 2 N–H and O–H groups in total. The maximum absolute atomic E-state index is 12.8. The largest absolute Gasteiger partial charge is 0.465 e. The molecule has 8 heteroatoms. The van der Waals surface area contributed by atoms with Crippen LogP contribution in [-0.2, 0) is 14.8 Å². The third-order valence-electron chi connectivity index (χ3n) is 6.77. The molecule has 0 spiro atoms. The van der Waals surface area contributed by atoms with Gasteiger partial charge >= 0.3 is 5.97 Å². The Morgan fingerprint density at radius 1 is 0.969 bits per heavy atom. The highest BCUT2D eigenvalue weighted by molar-refractivity contribution is 7.89. The molecular formula is C24H28N2O5S. The summed E-state index contributed by atoms with van der Waals surface area (Å²) in [5.41, 5.74) is 1.20. The third-order valence-corrected chi connectivity index (χ3v) is 8.34. The predicted octanol–water partition coefficient (Wildman–Crippen LogP) is 3.83. The molecule has 7 nitrogen and oxygen atoms in total. The first-order valence-electron chi connectivity index (χ1n) is 10.9. The Hall–Kier alpha value is -2.71. The molecule has 0 radical (unpaired) electrons. The number of carbonyl (C=O) groups excluding carboxylic acids is 2. The van der Waals surface area contributed by atoms with E-state index in [9.17, 15) is 18.0 Å². The molecule has 32 heavy (non-hydrogen) atoms. The van der Waals surface area contributed by atoms with Crippen LogP contribution in [0.5, 0.6) is 0 Å². The van der Waals surface area contributed by atoms with Gasteiger partial charge in [-0.1, -0.05) is 6.42 Å². The molecule has 4 rings (SSSR count). The molecule has 2 bridgehead atoms. The minimum absolute atomic E-state index is 0.0948. The lowest BCUT2D eigenvalue weighted by molar-refractivity contribution is 0.0600. The third kappa shape index (κ3) is 4.71. The number of ether oxygens (including phenoxy) is 1. The molecule has 0 unspecified atom stereocenters. The van der Waals surface area contributed by atoms with Crippen LogP contribution >= 0.6 is 0 Å². The number of hydrogen-bond donors (Lipinski definition) is 2. The normalized spacial score (nSPS) is 23.0. The molecule has 170 valence electrons. The topological polar surface area (TPSA) is 102 Å². The SMILES string of the molecule is COC(=O)c1ccc(C(=O)Nc2ccc(S(=O)(=O)N[C@@H](C)[C@H]3C[C@H]4CC[C@H]3C4)cc2)cc1. The van der Waals surface area contributed by atoms with E-state index in [1.54, 1.807) is 12.1 Å². The van der Waals surface area contributed by atoms with E-state index in [2.05, 4.69) is 14.8 Å². The molecule has 2 saturated carbocycles. The second-order valence-electron chi connectivity index (χ2n) is 8.80. The van der Waals surface area contributed by atoms with E-state index in [0.29, 0.717) is 28.7 Å². The van der Waals surface area contributed by atoms with Crippen LogP contribution in [0.4, 0.5) is 5.69 Å². The van der Waals surface area contributed by atoms with E-state index < -0.39 is 16.0 Å². The van der Waals surface area contributed by atoms with Crippen molar-refractivity contribution in [2.75, 3.05) is 12.4 Å². The van der Waals surface area contributed by atoms with Gasteiger partial charge in [-0.3, -0.25) is 4.79 Å². The standard InChI is InChI=1S/C24H28N2O5S/c1-15(22-14-16-3-4-19(22)13-16)26-32(29,30)21-11-9-20(10-12-21)25-23(27)17-5-7-18(8-6-17)24(28)31-2/h5-12,15-16,19,22,26H,3-4,13-14H2,1-2H3,(H,25,27)/t15-,16-,19-,22+/m0/s1. The van der Waals surface area contributed by atoms with Crippen molar-refractivity contribution in [3.63, 3.8) is 0 Å². The van der Waals surface area contributed by atoms with Crippen LogP contribution < -0.4 is 10.0 Å². The van der Waals surface area contributed by atoms with Crippen molar-refractivity contribution in [3.8, 4) is 0 Å². The summed E-state index contributed by atoms with van der Waals surface area (Å²) >= 11 is 0. The lowest BCUT2D eigenvalue weighted by Gasteiger charge is -2.28. The van der Waals surface area contributed by atoms with Crippen molar-refractivity contribution in [1.82, 2.24) is 4.72 Å². The molecular weight excluding hydrogens is 428 g/mol. The quantitative estimate of drug-likeness (QED) is 0.617. The first-order chi connectivity index (χ1) is 15.3. The van der Waals surface area contributed by atoms with E-state index >= 15 is 0 Å². The van der Waals surface area contributed by atoms with Crippen LogP contribution in [0.2, 0.25) is 0 Å². The van der Waals surface area contributed by atoms with Crippen LogP contribution in [0.15, 0.2) is 53.4 Å². The first kappa shape index (κ1) is 22.5.